The molecule has 0 aliphatic heterocycles. The van der Waals surface area contributed by atoms with Gasteiger partial charge in [-0.05, 0) is 31.5 Å². The zero-order valence-electron chi connectivity index (χ0n) is 11.7. The number of nitrogens with zero attached hydrogens (tertiary/aromatic N) is 4. The van der Waals surface area contributed by atoms with Crippen LogP contribution in [0.25, 0.3) is 5.69 Å². The summed E-state index contributed by atoms with van der Waals surface area (Å²) in [6.45, 7) is 4.61. The largest absolute Gasteiger partial charge is 0.395 e. The molecule has 0 saturated heterocycles. The number of hydrogen-bond acceptors (Lipinski definition) is 4. The number of carbonyl (C=O) groups excluding carboxylic acids is 1. The lowest BCUT2D eigenvalue weighted by Crippen LogP contribution is -2.33. The quantitative estimate of drug-likeness (QED) is 0.884. The highest BCUT2D eigenvalue weighted by Gasteiger charge is 2.17. The highest BCUT2D eigenvalue weighted by Crippen LogP contribution is 2.10. The van der Waals surface area contributed by atoms with E-state index in [0.29, 0.717) is 13.1 Å². The van der Waals surface area contributed by atoms with Crippen molar-refractivity contribution in [3.8, 4) is 5.69 Å². The maximum atomic E-state index is 12.2. The van der Waals surface area contributed by atoms with Crippen molar-refractivity contribution in [2.75, 3.05) is 19.7 Å². The molecule has 1 N–H and O–H groups in total. The molecule has 1 heterocycles. The Morgan fingerprint density at radius 1 is 1.45 bits per heavy atom. The highest BCUT2D eigenvalue weighted by atomic mass is 16.3. The van der Waals surface area contributed by atoms with E-state index in [2.05, 4.69) is 10.3 Å². The summed E-state index contributed by atoms with van der Waals surface area (Å²) in [5.41, 5.74) is 2.25. The monoisotopic (exact) mass is 274 g/mol. The first-order valence-corrected chi connectivity index (χ1v) is 6.55. The van der Waals surface area contributed by atoms with E-state index in [-0.39, 0.29) is 18.2 Å². The van der Waals surface area contributed by atoms with Gasteiger partial charge in [0.1, 0.15) is 0 Å². The first kappa shape index (κ1) is 14.2. The molecule has 1 aromatic heterocycles. The number of hydrogen-bond donors (Lipinski definition) is 1. The van der Waals surface area contributed by atoms with Gasteiger partial charge in [-0.1, -0.05) is 17.3 Å². The topological polar surface area (TPSA) is 71.2 Å². The highest BCUT2D eigenvalue weighted by molar-refractivity contribution is 5.92. The Bertz CT molecular complexity index is 594. The molecule has 0 radical (unpaired) electrons. The summed E-state index contributed by atoms with van der Waals surface area (Å²) >= 11 is 0. The third-order valence-corrected chi connectivity index (χ3v) is 3.02. The Balaban J connectivity index is 2.22. The second-order valence-electron chi connectivity index (χ2n) is 4.50. The summed E-state index contributed by atoms with van der Waals surface area (Å²) in [6, 6.07) is 7.79. The van der Waals surface area contributed by atoms with E-state index in [9.17, 15) is 4.79 Å². The Labute approximate surface area is 117 Å². The van der Waals surface area contributed by atoms with Crippen molar-refractivity contribution < 1.29 is 9.90 Å². The minimum absolute atomic E-state index is 0.0639. The summed E-state index contributed by atoms with van der Waals surface area (Å²) in [5.74, 6) is -0.222. The summed E-state index contributed by atoms with van der Waals surface area (Å²) < 4.78 is 1.58. The average molecular weight is 274 g/mol. The predicted octanol–water partition coefficient (Wildman–Crippen LogP) is 1.03. The maximum absolute atomic E-state index is 12.2. The SMILES string of the molecule is CCN(CCO)C(=O)c1cn(-c2cccc(C)c2)nn1. The van der Waals surface area contributed by atoms with E-state index in [0.717, 1.165) is 11.3 Å². The number of rotatable bonds is 5. The Morgan fingerprint density at radius 2 is 2.25 bits per heavy atom. The molecule has 0 aliphatic rings. The molecule has 1 amide bonds. The number of aliphatic hydroxyl groups is 1. The molecule has 20 heavy (non-hydrogen) atoms. The van der Waals surface area contributed by atoms with Crippen LogP contribution in [0.2, 0.25) is 0 Å². The molecule has 2 aromatic rings. The molecule has 0 bridgehead atoms. The molecule has 2 rings (SSSR count). The van der Waals surface area contributed by atoms with Gasteiger partial charge in [0, 0.05) is 13.1 Å². The molecule has 6 nitrogen and oxygen atoms in total. The van der Waals surface area contributed by atoms with Gasteiger partial charge in [-0.25, -0.2) is 4.68 Å². The van der Waals surface area contributed by atoms with Crippen molar-refractivity contribution >= 4 is 5.91 Å². The molecule has 0 atom stereocenters. The van der Waals surface area contributed by atoms with E-state index >= 15 is 0 Å². The molecule has 0 aliphatic carbocycles. The van der Waals surface area contributed by atoms with Crippen molar-refractivity contribution in [2.24, 2.45) is 0 Å². The first-order chi connectivity index (χ1) is 9.65. The molecule has 0 fully saturated rings. The van der Waals surface area contributed by atoms with Gasteiger partial charge < -0.3 is 10.0 Å². The summed E-state index contributed by atoms with van der Waals surface area (Å²) in [7, 11) is 0. The van der Waals surface area contributed by atoms with Crippen LogP contribution in [0.1, 0.15) is 23.0 Å². The number of aromatic nitrogens is 3. The summed E-state index contributed by atoms with van der Waals surface area (Å²) in [4.78, 5) is 13.7. The van der Waals surface area contributed by atoms with Gasteiger partial charge >= 0.3 is 0 Å². The molecular formula is C14H18N4O2. The van der Waals surface area contributed by atoms with Crippen LogP contribution in [0.15, 0.2) is 30.5 Å². The van der Waals surface area contributed by atoms with Gasteiger partial charge in [-0.2, -0.15) is 0 Å². The normalized spacial score (nSPS) is 10.6. The van der Waals surface area contributed by atoms with E-state index < -0.39 is 0 Å². The van der Waals surface area contributed by atoms with Gasteiger partial charge in [0.05, 0.1) is 18.5 Å². The molecule has 1 aromatic carbocycles. The van der Waals surface area contributed by atoms with E-state index in [1.165, 1.54) is 4.90 Å². The minimum atomic E-state index is -0.222. The Hall–Kier alpha value is -2.21. The number of likely N-dealkylation sites (N-methyl/N-ethyl adjacent to an activating group) is 1. The molecule has 106 valence electrons. The Morgan fingerprint density at radius 3 is 2.90 bits per heavy atom. The van der Waals surface area contributed by atoms with Gasteiger partial charge in [0.15, 0.2) is 5.69 Å². The standard InChI is InChI=1S/C14H18N4O2/c1-3-17(7-8-19)14(20)13-10-18(16-15-13)12-6-4-5-11(2)9-12/h4-6,9-10,19H,3,7-8H2,1-2H3. The lowest BCUT2D eigenvalue weighted by Gasteiger charge is -2.17. The second-order valence-corrected chi connectivity index (χ2v) is 4.50. The minimum Gasteiger partial charge on any atom is -0.395 e. The third kappa shape index (κ3) is 3.03. The van der Waals surface area contributed by atoms with Crippen LogP contribution in [0.5, 0.6) is 0 Å². The van der Waals surface area contributed by atoms with Crippen molar-refractivity contribution in [1.29, 1.82) is 0 Å². The molecule has 0 spiro atoms. The van der Waals surface area contributed by atoms with Crippen LogP contribution in [-0.4, -0.2) is 50.6 Å². The zero-order chi connectivity index (χ0) is 14.5. The molecular weight excluding hydrogens is 256 g/mol. The van der Waals surface area contributed by atoms with Crippen LogP contribution in [0.4, 0.5) is 0 Å². The summed E-state index contributed by atoms with van der Waals surface area (Å²) in [5, 5.41) is 16.8. The van der Waals surface area contributed by atoms with Crippen LogP contribution in [-0.2, 0) is 0 Å². The van der Waals surface area contributed by atoms with Gasteiger partial charge in [0.2, 0.25) is 0 Å². The second kappa shape index (κ2) is 6.29. The van der Waals surface area contributed by atoms with Crippen molar-refractivity contribution in [1.82, 2.24) is 19.9 Å². The smallest absolute Gasteiger partial charge is 0.276 e. The van der Waals surface area contributed by atoms with E-state index in [1.807, 2.05) is 38.1 Å². The number of amides is 1. The first-order valence-electron chi connectivity index (χ1n) is 6.55. The third-order valence-electron chi connectivity index (χ3n) is 3.02. The van der Waals surface area contributed by atoms with Gasteiger partial charge in [0.25, 0.3) is 5.91 Å². The van der Waals surface area contributed by atoms with Crippen molar-refractivity contribution in [3.63, 3.8) is 0 Å². The average Bonchev–Trinajstić information content (AvgIpc) is 2.94. The van der Waals surface area contributed by atoms with E-state index in [4.69, 9.17) is 5.11 Å². The number of aryl methyl sites for hydroxylation is 1. The van der Waals surface area contributed by atoms with Crippen LogP contribution in [0, 0.1) is 6.92 Å². The fourth-order valence-electron chi connectivity index (χ4n) is 1.94. The van der Waals surface area contributed by atoms with Crippen molar-refractivity contribution in [2.45, 2.75) is 13.8 Å². The lowest BCUT2D eigenvalue weighted by atomic mass is 10.2. The summed E-state index contributed by atoms with van der Waals surface area (Å²) in [6.07, 6.45) is 1.61. The molecule has 6 heteroatoms. The van der Waals surface area contributed by atoms with Gasteiger partial charge in [-0.15, -0.1) is 5.10 Å². The Kier molecular flexibility index (Phi) is 4.47. The van der Waals surface area contributed by atoms with Crippen molar-refractivity contribution in [3.05, 3.63) is 41.7 Å². The number of benzene rings is 1. The molecule has 0 unspecified atom stereocenters. The van der Waals surface area contributed by atoms with Gasteiger partial charge in [-0.3, -0.25) is 4.79 Å². The molecule has 0 saturated carbocycles. The van der Waals surface area contributed by atoms with E-state index in [1.54, 1.807) is 10.9 Å². The van der Waals surface area contributed by atoms with Crippen LogP contribution >= 0.6 is 0 Å². The van der Waals surface area contributed by atoms with Crippen LogP contribution < -0.4 is 0 Å². The number of carbonyl (C=O) groups is 1. The predicted molar refractivity (Wildman–Crippen MR) is 74.8 cm³/mol. The fourth-order valence-corrected chi connectivity index (χ4v) is 1.94. The zero-order valence-corrected chi connectivity index (χ0v) is 11.7. The lowest BCUT2D eigenvalue weighted by molar-refractivity contribution is 0.0726. The maximum Gasteiger partial charge on any atom is 0.276 e. The van der Waals surface area contributed by atoms with Crippen LogP contribution in [0.3, 0.4) is 0 Å². The number of aliphatic hydroxyl groups excluding tert-OH is 1. The fraction of sp³-hybridized carbons (Fsp3) is 0.357.